The minimum absolute atomic E-state index is 0.0662. The van der Waals surface area contributed by atoms with Crippen molar-refractivity contribution >= 4 is 12.1 Å². The second kappa shape index (κ2) is 6.78. The van der Waals surface area contributed by atoms with Crippen molar-refractivity contribution in [3.63, 3.8) is 0 Å². The predicted molar refractivity (Wildman–Crippen MR) is 71.7 cm³/mol. The zero-order valence-corrected chi connectivity index (χ0v) is 12.3. The minimum Gasteiger partial charge on any atom is -0.462 e. The number of carbonyl (C=O) groups is 2. The van der Waals surface area contributed by atoms with Crippen molar-refractivity contribution in [3.05, 3.63) is 0 Å². The summed E-state index contributed by atoms with van der Waals surface area (Å²) in [6, 6.07) is 0. The van der Waals surface area contributed by atoms with Crippen molar-refractivity contribution in [2.45, 2.75) is 65.1 Å². The molecule has 1 N–H and O–H groups in total. The summed E-state index contributed by atoms with van der Waals surface area (Å²) in [5.41, 5.74) is -0.467. The zero-order chi connectivity index (χ0) is 14.5. The number of cyclic esters (lactones) is 1. The maximum Gasteiger partial charge on any atom is 0.407 e. The van der Waals surface area contributed by atoms with Gasteiger partial charge in [-0.05, 0) is 46.0 Å². The quantitative estimate of drug-likeness (QED) is 0.781. The van der Waals surface area contributed by atoms with Gasteiger partial charge >= 0.3 is 12.1 Å². The molecule has 2 atom stereocenters. The first-order valence-electron chi connectivity index (χ1n) is 6.92. The van der Waals surface area contributed by atoms with Crippen molar-refractivity contribution in [1.29, 1.82) is 0 Å². The normalized spacial score (nSPS) is 20.8. The molecule has 1 rings (SSSR count). The van der Waals surface area contributed by atoms with Crippen LogP contribution in [0.2, 0.25) is 0 Å². The fourth-order valence-corrected chi connectivity index (χ4v) is 1.93. The van der Waals surface area contributed by atoms with Crippen LogP contribution in [0.1, 0.15) is 53.4 Å². The molecule has 5 heteroatoms. The number of nitrogens with one attached hydrogen (secondary N) is 1. The van der Waals surface area contributed by atoms with E-state index >= 15 is 0 Å². The second-order valence-corrected chi connectivity index (χ2v) is 6.22. The summed E-state index contributed by atoms with van der Waals surface area (Å²) in [5, 5.41) is 2.75. The van der Waals surface area contributed by atoms with E-state index in [1.807, 2.05) is 20.8 Å². The molecule has 5 nitrogen and oxygen atoms in total. The lowest BCUT2D eigenvalue weighted by Crippen LogP contribution is -2.34. The molecule has 2 unspecified atom stereocenters. The highest BCUT2D eigenvalue weighted by molar-refractivity contribution is 5.71. The molecule has 0 aliphatic carbocycles. The summed E-state index contributed by atoms with van der Waals surface area (Å²) < 4.78 is 10.3. The Morgan fingerprint density at radius 1 is 1.53 bits per heavy atom. The summed E-state index contributed by atoms with van der Waals surface area (Å²) in [5.74, 6) is 0.247. The van der Waals surface area contributed by atoms with Crippen LogP contribution in [0.4, 0.5) is 4.79 Å². The third-order valence-corrected chi connectivity index (χ3v) is 2.94. The van der Waals surface area contributed by atoms with Gasteiger partial charge in [0.1, 0.15) is 11.7 Å². The molecule has 0 aromatic rings. The predicted octanol–water partition coefficient (Wildman–Crippen LogP) is 2.63. The molecule has 0 radical (unpaired) electrons. The molecule has 0 saturated carbocycles. The van der Waals surface area contributed by atoms with Gasteiger partial charge < -0.3 is 14.8 Å². The van der Waals surface area contributed by atoms with Gasteiger partial charge in [0.15, 0.2) is 0 Å². The van der Waals surface area contributed by atoms with E-state index in [1.165, 1.54) is 0 Å². The molecule has 1 aliphatic rings. The van der Waals surface area contributed by atoms with Crippen LogP contribution in [-0.2, 0) is 14.3 Å². The van der Waals surface area contributed by atoms with Crippen LogP contribution in [0.15, 0.2) is 0 Å². The SMILES string of the molecule is CC(CCC1CCC(=O)O1)CNC(=O)OC(C)(C)C. The Morgan fingerprint density at radius 3 is 2.74 bits per heavy atom. The maximum absolute atomic E-state index is 11.5. The van der Waals surface area contributed by atoms with Crippen LogP contribution < -0.4 is 5.32 Å². The van der Waals surface area contributed by atoms with E-state index in [2.05, 4.69) is 12.2 Å². The Morgan fingerprint density at radius 2 is 2.21 bits per heavy atom. The van der Waals surface area contributed by atoms with Gasteiger partial charge in [-0.2, -0.15) is 0 Å². The van der Waals surface area contributed by atoms with Gasteiger partial charge in [0.25, 0.3) is 0 Å². The van der Waals surface area contributed by atoms with Gasteiger partial charge in [0, 0.05) is 13.0 Å². The molecular weight excluding hydrogens is 246 g/mol. The molecule has 0 aromatic carbocycles. The molecule has 0 aromatic heterocycles. The van der Waals surface area contributed by atoms with Crippen LogP contribution in [0, 0.1) is 5.92 Å². The zero-order valence-electron chi connectivity index (χ0n) is 12.3. The summed E-state index contributed by atoms with van der Waals surface area (Å²) in [4.78, 5) is 22.4. The van der Waals surface area contributed by atoms with Crippen LogP contribution in [0.5, 0.6) is 0 Å². The lowest BCUT2D eigenvalue weighted by Gasteiger charge is -2.21. The van der Waals surface area contributed by atoms with Gasteiger partial charge in [0.2, 0.25) is 0 Å². The van der Waals surface area contributed by atoms with Crippen molar-refractivity contribution in [3.8, 4) is 0 Å². The topological polar surface area (TPSA) is 64.6 Å². The average molecular weight is 271 g/mol. The Labute approximate surface area is 115 Å². The molecule has 1 heterocycles. The molecule has 19 heavy (non-hydrogen) atoms. The Hall–Kier alpha value is -1.26. The van der Waals surface area contributed by atoms with Crippen molar-refractivity contribution in [2.75, 3.05) is 6.54 Å². The van der Waals surface area contributed by atoms with Gasteiger partial charge in [-0.25, -0.2) is 4.79 Å². The molecule has 1 fully saturated rings. The summed E-state index contributed by atoms with van der Waals surface area (Å²) in [7, 11) is 0. The van der Waals surface area contributed by atoms with E-state index in [1.54, 1.807) is 0 Å². The van der Waals surface area contributed by atoms with E-state index in [0.29, 0.717) is 18.9 Å². The molecule has 1 aliphatic heterocycles. The fourth-order valence-electron chi connectivity index (χ4n) is 1.93. The lowest BCUT2D eigenvalue weighted by atomic mass is 10.0. The minimum atomic E-state index is -0.467. The summed E-state index contributed by atoms with van der Waals surface area (Å²) in [6.07, 6.45) is 2.83. The number of hydrogen-bond acceptors (Lipinski definition) is 4. The first kappa shape index (κ1) is 15.8. The number of esters is 1. The van der Waals surface area contributed by atoms with Crippen LogP contribution >= 0.6 is 0 Å². The van der Waals surface area contributed by atoms with Crippen LogP contribution in [0.3, 0.4) is 0 Å². The molecule has 1 amide bonds. The second-order valence-electron chi connectivity index (χ2n) is 6.22. The smallest absolute Gasteiger partial charge is 0.407 e. The van der Waals surface area contributed by atoms with E-state index in [4.69, 9.17) is 9.47 Å². The monoisotopic (exact) mass is 271 g/mol. The molecule has 0 bridgehead atoms. The van der Waals surface area contributed by atoms with Gasteiger partial charge in [-0.15, -0.1) is 0 Å². The van der Waals surface area contributed by atoms with Crippen molar-refractivity contribution < 1.29 is 19.1 Å². The van der Waals surface area contributed by atoms with Crippen molar-refractivity contribution in [1.82, 2.24) is 5.32 Å². The maximum atomic E-state index is 11.5. The number of rotatable bonds is 5. The Bertz CT molecular complexity index is 322. The summed E-state index contributed by atoms with van der Waals surface area (Å²) in [6.45, 7) is 8.16. The number of alkyl carbamates (subject to hydrolysis) is 1. The highest BCUT2D eigenvalue weighted by Crippen LogP contribution is 2.20. The third-order valence-electron chi connectivity index (χ3n) is 2.94. The fraction of sp³-hybridized carbons (Fsp3) is 0.857. The molecular formula is C14H25NO4. The number of hydrogen-bond donors (Lipinski definition) is 1. The Balaban J connectivity index is 2.12. The van der Waals surface area contributed by atoms with Gasteiger partial charge in [-0.1, -0.05) is 6.92 Å². The highest BCUT2D eigenvalue weighted by atomic mass is 16.6. The van der Waals surface area contributed by atoms with Crippen molar-refractivity contribution in [2.24, 2.45) is 5.92 Å². The van der Waals surface area contributed by atoms with E-state index in [-0.39, 0.29) is 18.2 Å². The highest BCUT2D eigenvalue weighted by Gasteiger charge is 2.23. The van der Waals surface area contributed by atoms with Gasteiger partial charge in [0.05, 0.1) is 0 Å². The molecule has 0 spiro atoms. The van der Waals surface area contributed by atoms with Crippen LogP contribution in [0.25, 0.3) is 0 Å². The average Bonchev–Trinajstić information content (AvgIpc) is 2.67. The molecule has 1 saturated heterocycles. The summed E-state index contributed by atoms with van der Waals surface area (Å²) >= 11 is 0. The van der Waals surface area contributed by atoms with E-state index < -0.39 is 5.60 Å². The first-order valence-corrected chi connectivity index (χ1v) is 6.92. The number of carbonyl (C=O) groups excluding carboxylic acids is 2. The molecule has 110 valence electrons. The number of amides is 1. The first-order chi connectivity index (χ1) is 8.76. The standard InChI is InChI=1S/C14H25NO4/c1-10(5-6-11-7-8-12(16)18-11)9-15-13(17)19-14(2,3)4/h10-11H,5-9H2,1-4H3,(H,15,17). The largest absolute Gasteiger partial charge is 0.462 e. The third kappa shape index (κ3) is 7.03. The van der Waals surface area contributed by atoms with Gasteiger partial charge in [-0.3, -0.25) is 4.79 Å². The van der Waals surface area contributed by atoms with Crippen LogP contribution in [-0.4, -0.2) is 30.3 Å². The van der Waals surface area contributed by atoms with E-state index in [9.17, 15) is 9.59 Å². The lowest BCUT2D eigenvalue weighted by molar-refractivity contribution is -0.141. The van der Waals surface area contributed by atoms with E-state index in [0.717, 1.165) is 19.3 Å². The Kier molecular flexibility index (Phi) is 5.63. The number of ether oxygens (including phenoxy) is 2.